The second-order valence-electron chi connectivity index (χ2n) is 7.52. The number of benzene rings is 1. The molecule has 0 unspecified atom stereocenters. The van der Waals surface area contributed by atoms with Gasteiger partial charge in [0.05, 0.1) is 25.3 Å². The zero-order valence-electron chi connectivity index (χ0n) is 14.4. The average Bonchev–Trinajstić information content (AvgIpc) is 3.39. The minimum absolute atomic E-state index is 0.370. The number of hydrogen-bond donors (Lipinski definition) is 0. The van der Waals surface area contributed by atoms with E-state index in [0.29, 0.717) is 5.41 Å². The Morgan fingerprint density at radius 3 is 2.64 bits per heavy atom. The van der Waals surface area contributed by atoms with Crippen molar-refractivity contribution in [3.05, 3.63) is 72.1 Å². The average molecular weight is 333 g/mol. The predicted octanol–water partition coefficient (Wildman–Crippen LogP) is 5.02. The Kier molecular flexibility index (Phi) is 3.56. The molecule has 0 saturated carbocycles. The highest BCUT2D eigenvalue weighted by atomic mass is 16.3. The maximum atomic E-state index is 5.52. The normalized spacial score (nSPS) is 19.4. The van der Waals surface area contributed by atoms with Gasteiger partial charge in [-0.05, 0) is 79.1 Å². The molecule has 1 saturated heterocycles. The molecule has 5 rings (SSSR count). The lowest BCUT2D eigenvalue weighted by atomic mass is 9.73. The summed E-state index contributed by atoms with van der Waals surface area (Å²) >= 11 is 0. The molecule has 0 radical (unpaired) electrons. The van der Waals surface area contributed by atoms with Gasteiger partial charge >= 0.3 is 0 Å². The molecule has 25 heavy (non-hydrogen) atoms. The maximum absolute atomic E-state index is 5.52. The minimum Gasteiger partial charge on any atom is -0.472 e. The van der Waals surface area contributed by atoms with E-state index in [4.69, 9.17) is 8.83 Å². The topological polar surface area (TPSA) is 29.5 Å². The van der Waals surface area contributed by atoms with Crippen LogP contribution in [-0.4, -0.2) is 18.0 Å². The number of hydrogen-bond acceptors (Lipinski definition) is 3. The number of likely N-dealkylation sites (tertiary alicyclic amines) is 1. The van der Waals surface area contributed by atoms with E-state index in [2.05, 4.69) is 35.2 Å². The molecule has 1 spiro atoms. The Morgan fingerprint density at radius 2 is 1.88 bits per heavy atom. The highest BCUT2D eigenvalue weighted by Gasteiger charge is 2.41. The molecule has 1 aromatic carbocycles. The summed E-state index contributed by atoms with van der Waals surface area (Å²) in [4.78, 5) is 2.53. The fourth-order valence-corrected chi connectivity index (χ4v) is 4.69. The van der Waals surface area contributed by atoms with Crippen molar-refractivity contribution in [2.24, 2.45) is 0 Å². The van der Waals surface area contributed by atoms with Gasteiger partial charge in [0, 0.05) is 5.56 Å². The molecule has 0 bridgehead atoms. The molecule has 128 valence electrons. The number of fused-ring (bicyclic) bond motifs is 2. The van der Waals surface area contributed by atoms with Gasteiger partial charge in [-0.3, -0.25) is 4.90 Å². The smallest absolute Gasteiger partial charge is 0.117 e. The third-order valence-electron chi connectivity index (χ3n) is 6.18. The fraction of sp³-hybridized carbons (Fsp3) is 0.364. The Hall–Kier alpha value is -2.26. The summed E-state index contributed by atoms with van der Waals surface area (Å²) in [5.41, 5.74) is 5.97. The standard InChI is InChI=1S/C22H23NO2/c1-2-20(25-12-1)15-23-10-8-22(9-11-23)7-5-17-3-4-18(14-21(17)22)19-6-13-24-16-19/h1-4,6,12-14,16H,5,7-11,15H2. The van der Waals surface area contributed by atoms with E-state index in [1.165, 1.54) is 36.8 Å². The number of nitrogens with zero attached hydrogens (tertiary/aromatic N) is 1. The van der Waals surface area contributed by atoms with Crippen LogP contribution in [0.25, 0.3) is 11.1 Å². The highest BCUT2D eigenvalue weighted by Crippen LogP contribution is 2.47. The van der Waals surface area contributed by atoms with Gasteiger partial charge in [-0.25, -0.2) is 0 Å². The van der Waals surface area contributed by atoms with Crippen LogP contribution in [0.2, 0.25) is 0 Å². The number of furan rings is 2. The second-order valence-corrected chi connectivity index (χ2v) is 7.52. The number of aryl methyl sites for hydroxylation is 1. The monoisotopic (exact) mass is 333 g/mol. The van der Waals surface area contributed by atoms with Crippen molar-refractivity contribution >= 4 is 0 Å². The first-order valence-corrected chi connectivity index (χ1v) is 9.23. The lowest BCUT2D eigenvalue weighted by Crippen LogP contribution is -2.41. The fourth-order valence-electron chi connectivity index (χ4n) is 4.69. The first-order valence-electron chi connectivity index (χ1n) is 9.23. The quantitative estimate of drug-likeness (QED) is 0.674. The Balaban J connectivity index is 1.37. The number of rotatable bonds is 3. The molecular weight excluding hydrogens is 310 g/mol. The van der Waals surface area contributed by atoms with E-state index in [-0.39, 0.29) is 0 Å². The molecule has 1 aliphatic carbocycles. The van der Waals surface area contributed by atoms with Crippen LogP contribution in [-0.2, 0) is 18.4 Å². The van der Waals surface area contributed by atoms with E-state index >= 15 is 0 Å². The minimum atomic E-state index is 0.370. The van der Waals surface area contributed by atoms with Gasteiger partial charge in [-0.1, -0.05) is 18.2 Å². The molecule has 0 atom stereocenters. The largest absolute Gasteiger partial charge is 0.472 e. The van der Waals surface area contributed by atoms with E-state index in [1.807, 2.05) is 12.3 Å². The zero-order valence-corrected chi connectivity index (χ0v) is 14.4. The van der Waals surface area contributed by atoms with Crippen molar-refractivity contribution in [3.63, 3.8) is 0 Å². The van der Waals surface area contributed by atoms with Crippen molar-refractivity contribution < 1.29 is 8.83 Å². The molecule has 3 aromatic rings. The molecular formula is C22H23NO2. The van der Waals surface area contributed by atoms with E-state index in [1.54, 1.807) is 23.7 Å². The summed E-state index contributed by atoms with van der Waals surface area (Å²) in [7, 11) is 0. The van der Waals surface area contributed by atoms with Crippen molar-refractivity contribution in [2.75, 3.05) is 13.1 Å². The Bertz CT molecular complexity index is 840. The number of piperidine rings is 1. The van der Waals surface area contributed by atoms with Gasteiger partial charge < -0.3 is 8.83 Å². The molecule has 0 amide bonds. The van der Waals surface area contributed by atoms with Crippen LogP contribution in [0, 0.1) is 0 Å². The maximum Gasteiger partial charge on any atom is 0.117 e. The summed E-state index contributed by atoms with van der Waals surface area (Å²) in [6.07, 6.45) is 10.4. The lowest BCUT2D eigenvalue weighted by Gasteiger charge is -2.40. The lowest BCUT2D eigenvalue weighted by molar-refractivity contribution is 0.144. The molecule has 2 aliphatic rings. The summed E-state index contributed by atoms with van der Waals surface area (Å²) in [6.45, 7) is 3.23. The molecule has 3 heteroatoms. The van der Waals surface area contributed by atoms with Gasteiger partial charge in [-0.15, -0.1) is 0 Å². The van der Waals surface area contributed by atoms with Gasteiger partial charge in [0.1, 0.15) is 5.76 Å². The molecule has 2 aromatic heterocycles. The van der Waals surface area contributed by atoms with Crippen molar-refractivity contribution in [2.45, 2.75) is 37.6 Å². The SMILES string of the molecule is c1coc(CN2CCC3(CCc4ccc(-c5ccoc5)cc43)CC2)c1. The Morgan fingerprint density at radius 1 is 0.960 bits per heavy atom. The molecule has 3 heterocycles. The predicted molar refractivity (Wildman–Crippen MR) is 97.4 cm³/mol. The van der Waals surface area contributed by atoms with Gasteiger partial charge in [0.2, 0.25) is 0 Å². The molecule has 3 nitrogen and oxygen atoms in total. The summed E-state index contributed by atoms with van der Waals surface area (Å²) in [6, 6.07) is 13.1. The van der Waals surface area contributed by atoms with Crippen LogP contribution in [0.15, 0.2) is 64.0 Å². The highest BCUT2D eigenvalue weighted by molar-refractivity contribution is 5.65. The summed E-state index contributed by atoms with van der Waals surface area (Å²) in [5.74, 6) is 1.07. The van der Waals surface area contributed by atoms with Gasteiger partial charge in [0.15, 0.2) is 0 Å². The molecule has 1 fully saturated rings. The van der Waals surface area contributed by atoms with Crippen LogP contribution in [0.3, 0.4) is 0 Å². The van der Waals surface area contributed by atoms with E-state index < -0.39 is 0 Å². The van der Waals surface area contributed by atoms with Crippen LogP contribution >= 0.6 is 0 Å². The van der Waals surface area contributed by atoms with Crippen LogP contribution in [0.1, 0.15) is 36.1 Å². The van der Waals surface area contributed by atoms with E-state index in [0.717, 1.165) is 25.4 Å². The third-order valence-corrected chi connectivity index (χ3v) is 6.18. The first-order chi connectivity index (χ1) is 12.3. The zero-order chi connectivity index (χ0) is 16.7. The van der Waals surface area contributed by atoms with Gasteiger partial charge in [-0.2, -0.15) is 0 Å². The summed E-state index contributed by atoms with van der Waals surface area (Å²) < 4.78 is 10.8. The van der Waals surface area contributed by atoms with Crippen LogP contribution in [0.5, 0.6) is 0 Å². The summed E-state index contributed by atoms with van der Waals surface area (Å²) in [5, 5.41) is 0. The third kappa shape index (κ3) is 2.63. The molecule has 0 N–H and O–H groups in total. The van der Waals surface area contributed by atoms with Crippen molar-refractivity contribution in [1.82, 2.24) is 4.90 Å². The van der Waals surface area contributed by atoms with Crippen molar-refractivity contribution in [1.29, 1.82) is 0 Å². The van der Waals surface area contributed by atoms with Gasteiger partial charge in [0.25, 0.3) is 0 Å². The van der Waals surface area contributed by atoms with E-state index in [9.17, 15) is 0 Å². The molecule has 1 aliphatic heterocycles. The van der Waals surface area contributed by atoms with Crippen molar-refractivity contribution in [3.8, 4) is 11.1 Å². The van der Waals surface area contributed by atoms with Crippen LogP contribution in [0.4, 0.5) is 0 Å². The van der Waals surface area contributed by atoms with Crippen LogP contribution < -0.4 is 0 Å². The Labute approximate surface area is 148 Å². The second kappa shape index (κ2) is 5.92. The first kappa shape index (κ1) is 15.0.